The lowest BCUT2D eigenvalue weighted by atomic mass is 10.2. The van der Waals surface area contributed by atoms with Gasteiger partial charge in [-0.3, -0.25) is 9.36 Å². The maximum atomic E-state index is 11.6. The summed E-state index contributed by atoms with van der Waals surface area (Å²) in [6, 6.07) is -0.240. The van der Waals surface area contributed by atoms with Gasteiger partial charge in [0.1, 0.15) is 6.35 Å². The summed E-state index contributed by atoms with van der Waals surface area (Å²) in [5.74, 6) is 0. The Morgan fingerprint density at radius 3 is 3.00 bits per heavy atom. The maximum Gasteiger partial charge on any atom is 0.350 e. The lowest BCUT2D eigenvalue weighted by Gasteiger charge is -2.20. The van der Waals surface area contributed by atoms with Crippen molar-refractivity contribution in [1.82, 2.24) is 24.8 Å². The lowest BCUT2D eigenvalue weighted by Crippen LogP contribution is -2.26. The fraction of sp³-hybridized carbons (Fsp3) is 0.500. The zero-order chi connectivity index (χ0) is 15.0. The zero-order valence-corrected chi connectivity index (χ0v) is 11.7. The molecule has 2 aromatic heterocycles. The standard InChI is InChI=1S/C10H14N5O5P/c16-10-8-9(12-3-13-10)15(4-14-8)6-1-11-2-7(6)20-5-21(17,18)19/h3-4,6-7,11H,1-2,5H2,(H,12,13,16)(H2,17,18,19)/t6?,7-/m0/s1. The summed E-state index contributed by atoms with van der Waals surface area (Å²) >= 11 is 0. The number of H-pyrrole nitrogens is 1. The molecule has 11 heteroatoms. The number of fused-ring (bicyclic) bond motifs is 1. The van der Waals surface area contributed by atoms with E-state index in [0.717, 1.165) is 0 Å². The van der Waals surface area contributed by atoms with Crippen LogP contribution < -0.4 is 10.9 Å². The molecule has 4 N–H and O–H groups in total. The summed E-state index contributed by atoms with van der Waals surface area (Å²) in [5.41, 5.74) is 0.299. The number of hydrogen-bond donors (Lipinski definition) is 4. The van der Waals surface area contributed by atoms with Crippen LogP contribution in [0.1, 0.15) is 6.04 Å². The molecule has 0 bridgehead atoms. The van der Waals surface area contributed by atoms with Gasteiger partial charge in [0.2, 0.25) is 0 Å². The van der Waals surface area contributed by atoms with E-state index in [-0.39, 0.29) is 17.1 Å². The highest BCUT2D eigenvalue weighted by Crippen LogP contribution is 2.35. The van der Waals surface area contributed by atoms with Crippen LogP contribution in [0.5, 0.6) is 0 Å². The first-order valence-corrected chi connectivity index (χ1v) is 8.02. The predicted octanol–water partition coefficient (Wildman–Crippen LogP) is -1.22. The van der Waals surface area contributed by atoms with Gasteiger partial charge in [-0.25, -0.2) is 9.97 Å². The van der Waals surface area contributed by atoms with E-state index in [1.54, 1.807) is 4.57 Å². The molecule has 2 atom stereocenters. The van der Waals surface area contributed by atoms with E-state index < -0.39 is 20.0 Å². The number of hydrogen-bond acceptors (Lipinski definition) is 6. The number of nitrogens with one attached hydrogen (secondary N) is 2. The van der Waals surface area contributed by atoms with E-state index in [2.05, 4.69) is 20.3 Å². The third-order valence-electron chi connectivity index (χ3n) is 3.31. The van der Waals surface area contributed by atoms with Crippen molar-refractivity contribution in [2.24, 2.45) is 0 Å². The molecule has 2 aromatic rings. The Labute approximate surface area is 118 Å². The monoisotopic (exact) mass is 315 g/mol. The molecule has 1 unspecified atom stereocenters. The van der Waals surface area contributed by atoms with Crippen molar-refractivity contribution in [1.29, 1.82) is 0 Å². The summed E-state index contributed by atoms with van der Waals surface area (Å²) in [6.07, 6.45) is 1.70. The van der Waals surface area contributed by atoms with Crippen molar-refractivity contribution in [2.75, 3.05) is 19.4 Å². The van der Waals surface area contributed by atoms with Crippen LogP contribution in [-0.4, -0.2) is 54.8 Å². The number of rotatable bonds is 4. The first kappa shape index (κ1) is 14.4. The van der Waals surface area contributed by atoms with E-state index in [1.807, 2.05) is 0 Å². The first-order valence-electron chi connectivity index (χ1n) is 6.23. The van der Waals surface area contributed by atoms with Crippen LogP contribution in [0.2, 0.25) is 0 Å². The summed E-state index contributed by atoms with van der Waals surface area (Å²) in [5, 5.41) is 3.09. The molecule has 0 radical (unpaired) electrons. The fourth-order valence-corrected chi connectivity index (χ4v) is 2.77. The van der Waals surface area contributed by atoms with Gasteiger partial charge in [0, 0.05) is 13.1 Å². The number of aromatic amines is 1. The van der Waals surface area contributed by atoms with Gasteiger partial charge < -0.3 is 29.4 Å². The second-order valence-corrected chi connectivity index (χ2v) is 6.37. The molecule has 3 heterocycles. The van der Waals surface area contributed by atoms with Crippen molar-refractivity contribution in [2.45, 2.75) is 12.1 Å². The molecule has 3 rings (SSSR count). The fourth-order valence-electron chi connectivity index (χ4n) is 2.39. The van der Waals surface area contributed by atoms with Crippen molar-refractivity contribution in [3.05, 3.63) is 23.0 Å². The van der Waals surface area contributed by atoms with Gasteiger partial charge in [-0.05, 0) is 0 Å². The second kappa shape index (κ2) is 5.32. The van der Waals surface area contributed by atoms with Gasteiger partial charge in [-0.2, -0.15) is 0 Å². The normalized spacial score (nSPS) is 23.0. The maximum absolute atomic E-state index is 11.6. The molecule has 0 spiro atoms. The highest BCUT2D eigenvalue weighted by molar-refractivity contribution is 7.51. The molecule has 1 fully saturated rings. The predicted molar refractivity (Wildman–Crippen MR) is 71.8 cm³/mol. The molecule has 0 aromatic carbocycles. The third-order valence-corrected chi connectivity index (χ3v) is 3.79. The van der Waals surface area contributed by atoms with Crippen LogP contribution in [0.25, 0.3) is 11.2 Å². The van der Waals surface area contributed by atoms with Crippen molar-refractivity contribution in [3.63, 3.8) is 0 Å². The molecule has 1 saturated heterocycles. The largest absolute Gasteiger partial charge is 0.362 e. The smallest absolute Gasteiger partial charge is 0.350 e. The van der Waals surface area contributed by atoms with Gasteiger partial charge in [0.05, 0.1) is 24.8 Å². The number of nitrogens with zero attached hydrogens (tertiary/aromatic N) is 3. The van der Waals surface area contributed by atoms with Crippen molar-refractivity contribution < 1.29 is 19.1 Å². The van der Waals surface area contributed by atoms with Crippen LogP contribution in [0.3, 0.4) is 0 Å². The zero-order valence-electron chi connectivity index (χ0n) is 10.8. The van der Waals surface area contributed by atoms with Crippen molar-refractivity contribution >= 4 is 18.8 Å². The number of ether oxygens (including phenoxy) is 1. The highest BCUT2D eigenvalue weighted by Gasteiger charge is 2.32. The number of aromatic nitrogens is 4. The van der Waals surface area contributed by atoms with Crippen LogP contribution in [-0.2, 0) is 9.30 Å². The van der Waals surface area contributed by atoms with Gasteiger partial charge in [0.15, 0.2) is 11.2 Å². The minimum atomic E-state index is -4.22. The molecule has 0 saturated carbocycles. The van der Waals surface area contributed by atoms with Crippen LogP contribution in [0.15, 0.2) is 17.4 Å². The third kappa shape index (κ3) is 2.89. The first-order chi connectivity index (χ1) is 9.96. The van der Waals surface area contributed by atoms with Gasteiger partial charge >= 0.3 is 7.60 Å². The van der Waals surface area contributed by atoms with E-state index in [9.17, 15) is 9.36 Å². The molecule has 1 aliphatic heterocycles. The van der Waals surface area contributed by atoms with E-state index >= 15 is 0 Å². The number of imidazole rings is 1. The Bertz CT molecular complexity index is 752. The van der Waals surface area contributed by atoms with E-state index in [1.165, 1.54) is 12.7 Å². The quantitative estimate of drug-likeness (QED) is 0.514. The Morgan fingerprint density at radius 1 is 1.43 bits per heavy atom. The minimum absolute atomic E-state index is 0.220. The van der Waals surface area contributed by atoms with Gasteiger partial charge in [-0.15, -0.1) is 0 Å². The Kier molecular flexibility index (Phi) is 3.64. The Hall–Kier alpha value is -1.58. The lowest BCUT2D eigenvalue weighted by molar-refractivity contribution is 0.0625. The molecule has 1 aliphatic rings. The Morgan fingerprint density at radius 2 is 2.24 bits per heavy atom. The van der Waals surface area contributed by atoms with E-state index in [4.69, 9.17) is 14.5 Å². The van der Waals surface area contributed by atoms with Crippen molar-refractivity contribution in [3.8, 4) is 0 Å². The van der Waals surface area contributed by atoms with E-state index in [0.29, 0.717) is 18.7 Å². The molecule has 0 amide bonds. The van der Waals surface area contributed by atoms with Crippen LogP contribution in [0, 0.1) is 0 Å². The van der Waals surface area contributed by atoms with Gasteiger partial charge in [0.25, 0.3) is 5.56 Å². The summed E-state index contributed by atoms with van der Waals surface area (Å²) in [7, 11) is -4.22. The van der Waals surface area contributed by atoms with Gasteiger partial charge in [-0.1, -0.05) is 0 Å². The average Bonchev–Trinajstić information content (AvgIpc) is 3.01. The highest BCUT2D eigenvalue weighted by atomic mass is 31.2. The van der Waals surface area contributed by atoms with Crippen LogP contribution >= 0.6 is 7.60 Å². The second-order valence-electron chi connectivity index (χ2n) is 4.78. The molecule has 114 valence electrons. The molecular formula is C10H14N5O5P. The summed E-state index contributed by atoms with van der Waals surface area (Å²) < 4.78 is 17.9. The molecule has 0 aliphatic carbocycles. The molecule has 21 heavy (non-hydrogen) atoms. The molecule has 10 nitrogen and oxygen atoms in total. The Balaban J connectivity index is 1.89. The topological polar surface area (TPSA) is 142 Å². The van der Waals surface area contributed by atoms with Crippen LogP contribution in [0.4, 0.5) is 0 Å². The SMILES string of the molecule is O=c1[nH]cnc2c1ncn2C1CNC[C@@H]1OCP(=O)(O)O. The summed E-state index contributed by atoms with van der Waals surface area (Å²) in [4.78, 5) is 40.0. The molecular weight excluding hydrogens is 301 g/mol. The average molecular weight is 315 g/mol. The minimum Gasteiger partial charge on any atom is -0.362 e. The summed E-state index contributed by atoms with van der Waals surface area (Å²) in [6.45, 7) is 0.985.